The molecule has 0 N–H and O–H groups in total. The lowest BCUT2D eigenvalue weighted by molar-refractivity contribution is -0.126. The third-order valence-corrected chi connectivity index (χ3v) is 3.58. The largest absolute Gasteiger partial charge is 0.444 e. The third-order valence-electron chi connectivity index (χ3n) is 3.58. The highest BCUT2D eigenvalue weighted by Crippen LogP contribution is 2.20. The summed E-state index contributed by atoms with van der Waals surface area (Å²) in [6.07, 6.45) is 2.27. The molecule has 2 aliphatic rings. The maximum absolute atomic E-state index is 11.8. The Labute approximate surface area is 126 Å². The number of rotatable bonds is 4. The number of likely N-dealkylation sites (tertiary alicyclic amines) is 1. The fourth-order valence-corrected chi connectivity index (χ4v) is 2.37. The standard InChI is InChI=1S/C14H15N3O5/c18-12-9-22-14(20)17(12)7-11-5-16(6-11)13(19)21-8-10-2-1-3-15-4-10/h1-4,11H,5-9H2. The zero-order valence-corrected chi connectivity index (χ0v) is 11.8. The molecule has 0 aromatic carbocycles. The van der Waals surface area contributed by atoms with Gasteiger partial charge in [-0.05, 0) is 6.07 Å². The molecule has 0 saturated carbocycles. The minimum Gasteiger partial charge on any atom is -0.444 e. The molecule has 0 atom stereocenters. The fourth-order valence-electron chi connectivity index (χ4n) is 2.37. The first-order valence-electron chi connectivity index (χ1n) is 6.91. The molecule has 3 heterocycles. The van der Waals surface area contributed by atoms with Crippen molar-refractivity contribution in [2.45, 2.75) is 6.61 Å². The van der Waals surface area contributed by atoms with Crippen molar-refractivity contribution < 1.29 is 23.9 Å². The molecule has 0 radical (unpaired) electrons. The molecule has 3 amide bonds. The summed E-state index contributed by atoms with van der Waals surface area (Å²) in [7, 11) is 0. The summed E-state index contributed by atoms with van der Waals surface area (Å²) in [5.74, 6) is -0.261. The van der Waals surface area contributed by atoms with Gasteiger partial charge in [0, 0.05) is 43.5 Å². The highest BCUT2D eigenvalue weighted by atomic mass is 16.6. The predicted molar refractivity (Wildman–Crippen MR) is 72.5 cm³/mol. The molecular formula is C14H15N3O5. The monoisotopic (exact) mass is 305 g/mol. The highest BCUT2D eigenvalue weighted by Gasteiger charge is 2.38. The van der Waals surface area contributed by atoms with Crippen LogP contribution in [0.3, 0.4) is 0 Å². The van der Waals surface area contributed by atoms with Gasteiger partial charge >= 0.3 is 12.2 Å². The molecule has 8 heteroatoms. The smallest absolute Gasteiger partial charge is 0.417 e. The van der Waals surface area contributed by atoms with E-state index in [1.54, 1.807) is 18.5 Å². The number of ether oxygens (including phenoxy) is 2. The van der Waals surface area contributed by atoms with Crippen molar-refractivity contribution in [1.29, 1.82) is 0 Å². The third kappa shape index (κ3) is 3.00. The van der Waals surface area contributed by atoms with Gasteiger partial charge in [0.05, 0.1) is 0 Å². The van der Waals surface area contributed by atoms with E-state index in [9.17, 15) is 14.4 Å². The maximum atomic E-state index is 11.8. The van der Waals surface area contributed by atoms with E-state index < -0.39 is 12.2 Å². The lowest BCUT2D eigenvalue weighted by Gasteiger charge is -2.39. The van der Waals surface area contributed by atoms with Gasteiger partial charge in [-0.25, -0.2) is 14.5 Å². The number of hydrogen-bond donors (Lipinski definition) is 0. The molecule has 2 fully saturated rings. The van der Waals surface area contributed by atoms with Crippen LogP contribution in [0.1, 0.15) is 5.56 Å². The van der Waals surface area contributed by atoms with Crippen molar-refractivity contribution in [2.75, 3.05) is 26.2 Å². The van der Waals surface area contributed by atoms with Crippen LogP contribution in [0.25, 0.3) is 0 Å². The summed E-state index contributed by atoms with van der Waals surface area (Å²) in [4.78, 5) is 41.1. The second-order valence-corrected chi connectivity index (χ2v) is 5.25. The Morgan fingerprint density at radius 2 is 2.23 bits per heavy atom. The summed E-state index contributed by atoms with van der Waals surface area (Å²) in [5, 5.41) is 0. The Bertz CT molecular complexity index is 569. The van der Waals surface area contributed by atoms with Crippen LogP contribution < -0.4 is 0 Å². The quantitative estimate of drug-likeness (QED) is 0.810. The van der Waals surface area contributed by atoms with Crippen molar-refractivity contribution >= 4 is 18.1 Å². The van der Waals surface area contributed by atoms with Crippen LogP contribution in [0.4, 0.5) is 9.59 Å². The van der Waals surface area contributed by atoms with Crippen LogP contribution >= 0.6 is 0 Å². The van der Waals surface area contributed by atoms with Crippen molar-refractivity contribution in [3.63, 3.8) is 0 Å². The maximum Gasteiger partial charge on any atom is 0.417 e. The number of imide groups is 1. The van der Waals surface area contributed by atoms with E-state index in [0.29, 0.717) is 13.1 Å². The summed E-state index contributed by atoms with van der Waals surface area (Å²) < 4.78 is 9.80. The van der Waals surface area contributed by atoms with Gasteiger partial charge < -0.3 is 14.4 Å². The molecule has 0 aliphatic carbocycles. The average Bonchev–Trinajstić information content (AvgIpc) is 2.80. The van der Waals surface area contributed by atoms with Crippen molar-refractivity contribution in [3.8, 4) is 0 Å². The minimum absolute atomic E-state index is 0.0699. The van der Waals surface area contributed by atoms with Gasteiger partial charge in [0.15, 0.2) is 6.61 Å². The van der Waals surface area contributed by atoms with Gasteiger partial charge in [0.2, 0.25) is 0 Å². The van der Waals surface area contributed by atoms with Gasteiger partial charge in [-0.2, -0.15) is 0 Å². The number of carbonyl (C=O) groups is 3. The summed E-state index contributed by atoms with van der Waals surface area (Å²) in [5.41, 5.74) is 0.818. The number of amides is 3. The van der Waals surface area contributed by atoms with Crippen LogP contribution in [0.2, 0.25) is 0 Å². The Morgan fingerprint density at radius 1 is 1.41 bits per heavy atom. The molecule has 1 aromatic heterocycles. The van der Waals surface area contributed by atoms with Crippen LogP contribution in [-0.2, 0) is 20.9 Å². The lowest BCUT2D eigenvalue weighted by Crippen LogP contribution is -2.54. The number of nitrogens with zero attached hydrogens (tertiary/aromatic N) is 3. The van der Waals surface area contributed by atoms with Crippen LogP contribution in [0.15, 0.2) is 24.5 Å². The van der Waals surface area contributed by atoms with Crippen LogP contribution in [-0.4, -0.2) is 59.1 Å². The highest BCUT2D eigenvalue weighted by molar-refractivity contribution is 5.97. The first kappa shape index (κ1) is 14.3. The first-order chi connectivity index (χ1) is 10.6. The van der Waals surface area contributed by atoms with E-state index in [-0.39, 0.29) is 31.6 Å². The summed E-state index contributed by atoms with van der Waals surface area (Å²) in [6.45, 7) is 1.18. The van der Waals surface area contributed by atoms with Crippen molar-refractivity contribution in [2.24, 2.45) is 5.92 Å². The number of pyridine rings is 1. The lowest BCUT2D eigenvalue weighted by atomic mass is 10.0. The topological polar surface area (TPSA) is 89.0 Å². The number of hydrogen-bond acceptors (Lipinski definition) is 6. The van der Waals surface area contributed by atoms with E-state index in [2.05, 4.69) is 9.72 Å². The molecule has 0 bridgehead atoms. The molecule has 1 aromatic rings. The molecule has 8 nitrogen and oxygen atoms in total. The molecule has 3 rings (SSSR count). The average molecular weight is 305 g/mol. The molecule has 116 valence electrons. The Morgan fingerprint density at radius 3 is 2.86 bits per heavy atom. The Hall–Kier alpha value is -2.64. The van der Waals surface area contributed by atoms with E-state index in [4.69, 9.17) is 4.74 Å². The number of carbonyl (C=O) groups excluding carboxylic acids is 3. The van der Waals surface area contributed by atoms with Gasteiger partial charge in [-0.15, -0.1) is 0 Å². The minimum atomic E-state index is -0.609. The molecule has 22 heavy (non-hydrogen) atoms. The number of cyclic esters (lactones) is 1. The molecule has 0 unspecified atom stereocenters. The van der Waals surface area contributed by atoms with Crippen LogP contribution in [0, 0.1) is 5.92 Å². The van der Waals surface area contributed by atoms with Gasteiger partial charge in [-0.1, -0.05) is 6.07 Å². The summed E-state index contributed by atoms with van der Waals surface area (Å²) in [6, 6.07) is 3.60. The number of aromatic nitrogens is 1. The second-order valence-electron chi connectivity index (χ2n) is 5.25. The van der Waals surface area contributed by atoms with E-state index in [1.807, 2.05) is 6.07 Å². The SMILES string of the molecule is O=C(OCc1cccnc1)N1CC(CN2C(=O)COC2=O)C1. The van der Waals surface area contributed by atoms with Gasteiger partial charge in [0.1, 0.15) is 6.61 Å². The van der Waals surface area contributed by atoms with Gasteiger partial charge in [0.25, 0.3) is 5.91 Å². The predicted octanol–water partition coefficient (Wildman–Crippen LogP) is 0.629. The Kier molecular flexibility index (Phi) is 3.90. The fraction of sp³-hybridized carbons (Fsp3) is 0.429. The van der Waals surface area contributed by atoms with E-state index in [1.165, 1.54) is 4.90 Å². The van der Waals surface area contributed by atoms with E-state index in [0.717, 1.165) is 10.5 Å². The van der Waals surface area contributed by atoms with Crippen molar-refractivity contribution in [1.82, 2.24) is 14.8 Å². The summed E-state index contributed by atoms with van der Waals surface area (Å²) >= 11 is 0. The molecule has 0 spiro atoms. The molecule has 2 saturated heterocycles. The first-order valence-corrected chi connectivity index (χ1v) is 6.91. The van der Waals surface area contributed by atoms with E-state index >= 15 is 0 Å². The van der Waals surface area contributed by atoms with Crippen molar-refractivity contribution in [3.05, 3.63) is 30.1 Å². The zero-order valence-electron chi connectivity index (χ0n) is 11.8. The molecular weight excluding hydrogens is 290 g/mol. The Balaban J connectivity index is 1.40. The second kappa shape index (κ2) is 6.00. The van der Waals surface area contributed by atoms with Crippen LogP contribution in [0.5, 0.6) is 0 Å². The van der Waals surface area contributed by atoms with Gasteiger partial charge in [-0.3, -0.25) is 9.78 Å². The molecule has 2 aliphatic heterocycles. The normalized spacial score (nSPS) is 18.2. The zero-order chi connectivity index (χ0) is 15.5.